The number of carboxylic acids is 1. The molecule has 1 rings (SSSR count). The molecule has 20 heavy (non-hydrogen) atoms. The number of nitrogens with one attached hydrogen (secondary N) is 2. The van der Waals surface area contributed by atoms with E-state index in [1.807, 2.05) is 19.1 Å². The first-order valence-corrected chi connectivity index (χ1v) is 7.67. The second kappa shape index (κ2) is 8.81. The fourth-order valence-corrected chi connectivity index (χ4v) is 2.78. The summed E-state index contributed by atoms with van der Waals surface area (Å²) >= 11 is 7.32. The summed E-state index contributed by atoms with van der Waals surface area (Å²) in [7, 11) is 0. The van der Waals surface area contributed by atoms with Crippen molar-refractivity contribution in [3.8, 4) is 0 Å². The van der Waals surface area contributed by atoms with E-state index in [0.717, 1.165) is 15.6 Å². The molecule has 0 radical (unpaired) electrons. The topological polar surface area (TPSA) is 78.4 Å². The summed E-state index contributed by atoms with van der Waals surface area (Å²) in [6.45, 7) is 2.41. The van der Waals surface area contributed by atoms with Crippen molar-refractivity contribution in [2.24, 2.45) is 0 Å². The molecule has 2 amide bonds. The minimum atomic E-state index is -0.809. The highest BCUT2D eigenvalue weighted by molar-refractivity contribution is 7.16. The van der Waals surface area contributed by atoms with Crippen LogP contribution in [0.2, 0.25) is 4.34 Å². The SMILES string of the molecule is CC(CCCC(=O)O)NC(=O)NCCc1ccc(Cl)s1. The zero-order valence-electron chi connectivity index (χ0n) is 11.3. The van der Waals surface area contributed by atoms with Gasteiger partial charge in [-0.05, 0) is 38.3 Å². The standard InChI is InChI=1S/C13H19ClN2O3S/c1-9(3-2-4-12(17)18)16-13(19)15-8-7-10-5-6-11(14)20-10/h5-6,9H,2-4,7-8H2,1H3,(H,17,18)(H2,15,16,19). The number of hydrogen-bond acceptors (Lipinski definition) is 3. The lowest BCUT2D eigenvalue weighted by molar-refractivity contribution is -0.137. The van der Waals surface area contributed by atoms with Crippen molar-refractivity contribution in [1.29, 1.82) is 0 Å². The molecule has 0 aliphatic carbocycles. The monoisotopic (exact) mass is 318 g/mol. The van der Waals surface area contributed by atoms with E-state index in [1.165, 1.54) is 11.3 Å². The first-order chi connectivity index (χ1) is 9.47. The third-order valence-corrected chi connectivity index (χ3v) is 3.98. The van der Waals surface area contributed by atoms with E-state index in [9.17, 15) is 9.59 Å². The van der Waals surface area contributed by atoms with Gasteiger partial charge in [0.2, 0.25) is 0 Å². The summed E-state index contributed by atoms with van der Waals surface area (Å²) in [6, 6.07) is 3.52. The Balaban J connectivity index is 2.11. The molecule has 0 fully saturated rings. The summed E-state index contributed by atoms with van der Waals surface area (Å²) < 4.78 is 0.747. The summed E-state index contributed by atoms with van der Waals surface area (Å²) in [5, 5.41) is 14.1. The van der Waals surface area contributed by atoms with Crippen LogP contribution in [-0.2, 0) is 11.2 Å². The average Bonchev–Trinajstić information content (AvgIpc) is 2.74. The fraction of sp³-hybridized carbons (Fsp3) is 0.538. The largest absolute Gasteiger partial charge is 0.481 e. The van der Waals surface area contributed by atoms with Gasteiger partial charge in [-0.2, -0.15) is 0 Å². The Morgan fingerprint density at radius 1 is 1.45 bits per heavy atom. The fourth-order valence-electron chi connectivity index (χ4n) is 1.69. The lowest BCUT2D eigenvalue weighted by Crippen LogP contribution is -2.41. The Kier molecular flexibility index (Phi) is 7.40. The zero-order chi connectivity index (χ0) is 15.0. The van der Waals surface area contributed by atoms with E-state index in [-0.39, 0.29) is 18.5 Å². The minimum Gasteiger partial charge on any atom is -0.481 e. The van der Waals surface area contributed by atoms with E-state index >= 15 is 0 Å². The molecule has 1 aromatic rings. The summed E-state index contributed by atoms with van der Waals surface area (Å²) in [6.07, 6.45) is 2.09. The maximum atomic E-state index is 11.6. The average molecular weight is 319 g/mol. The van der Waals surface area contributed by atoms with Gasteiger partial charge in [0.25, 0.3) is 0 Å². The number of thiophene rings is 1. The van der Waals surface area contributed by atoms with Gasteiger partial charge in [0.05, 0.1) is 4.34 Å². The second-order valence-electron chi connectivity index (χ2n) is 4.54. The predicted molar refractivity (Wildman–Crippen MR) is 80.5 cm³/mol. The highest BCUT2D eigenvalue weighted by Crippen LogP contribution is 2.21. The van der Waals surface area contributed by atoms with Crippen LogP contribution in [0.5, 0.6) is 0 Å². The number of aliphatic carboxylic acids is 1. The van der Waals surface area contributed by atoms with Gasteiger partial charge in [-0.15, -0.1) is 11.3 Å². The molecule has 1 heterocycles. The third-order valence-electron chi connectivity index (χ3n) is 2.69. The van der Waals surface area contributed by atoms with Crippen LogP contribution in [0.1, 0.15) is 31.1 Å². The Morgan fingerprint density at radius 3 is 2.80 bits per heavy atom. The zero-order valence-corrected chi connectivity index (χ0v) is 12.9. The third kappa shape index (κ3) is 7.35. The molecule has 5 nitrogen and oxygen atoms in total. The van der Waals surface area contributed by atoms with E-state index in [0.29, 0.717) is 19.4 Å². The van der Waals surface area contributed by atoms with Crippen molar-refractivity contribution in [1.82, 2.24) is 10.6 Å². The van der Waals surface area contributed by atoms with Crippen molar-refractivity contribution in [3.05, 3.63) is 21.3 Å². The molecule has 3 N–H and O–H groups in total. The molecule has 7 heteroatoms. The van der Waals surface area contributed by atoms with E-state index in [4.69, 9.17) is 16.7 Å². The van der Waals surface area contributed by atoms with Gasteiger partial charge in [0, 0.05) is 23.9 Å². The van der Waals surface area contributed by atoms with E-state index in [1.54, 1.807) is 0 Å². The Morgan fingerprint density at radius 2 is 2.20 bits per heavy atom. The van der Waals surface area contributed by atoms with Crippen molar-refractivity contribution < 1.29 is 14.7 Å². The maximum Gasteiger partial charge on any atom is 0.315 e. The van der Waals surface area contributed by atoms with E-state index < -0.39 is 5.97 Å². The van der Waals surface area contributed by atoms with Crippen molar-refractivity contribution in [2.45, 2.75) is 38.6 Å². The predicted octanol–water partition coefficient (Wildman–Crippen LogP) is 2.89. The number of carbonyl (C=O) groups is 2. The van der Waals surface area contributed by atoms with Crippen LogP contribution >= 0.6 is 22.9 Å². The molecule has 0 aliphatic rings. The quantitative estimate of drug-likeness (QED) is 0.689. The van der Waals surface area contributed by atoms with Gasteiger partial charge >= 0.3 is 12.0 Å². The molecule has 0 spiro atoms. The minimum absolute atomic E-state index is 0.0365. The van der Waals surface area contributed by atoms with Crippen molar-refractivity contribution in [3.63, 3.8) is 0 Å². The molecule has 1 unspecified atom stereocenters. The van der Waals surface area contributed by atoms with Crippen molar-refractivity contribution >= 4 is 34.9 Å². The lowest BCUT2D eigenvalue weighted by atomic mass is 10.1. The molecule has 0 aliphatic heterocycles. The first kappa shape index (κ1) is 16.8. The summed E-state index contributed by atoms with van der Waals surface area (Å²) in [4.78, 5) is 23.1. The van der Waals surface area contributed by atoms with Gasteiger partial charge in [0.1, 0.15) is 0 Å². The number of amides is 2. The normalized spacial score (nSPS) is 11.9. The lowest BCUT2D eigenvalue weighted by Gasteiger charge is -2.13. The second-order valence-corrected chi connectivity index (χ2v) is 6.34. The molecular formula is C13H19ClN2O3S. The molecular weight excluding hydrogens is 300 g/mol. The number of hydrogen-bond donors (Lipinski definition) is 3. The number of urea groups is 1. The Hall–Kier alpha value is -1.27. The summed E-state index contributed by atoms with van der Waals surface area (Å²) in [5.74, 6) is -0.809. The number of carboxylic acid groups (broad SMARTS) is 1. The van der Waals surface area contributed by atoms with Gasteiger partial charge in [-0.25, -0.2) is 4.79 Å². The maximum absolute atomic E-state index is 11.6. The Labute approximate surface area is 127 Å². The highest BCUT2D eigenvalue weighted by Gasteiger charge is 2.07. The smallest absolute Gasteiger partial charge is 0.315 e. The van der Waals surface area contributed by atoms with Gasteiger partial charge < -0.3 is 15.7 Å². The van der Waals surface area contributed by atoms with Crippen LogP contribution in [0.25, 0.3) is 0 Å². The Bertz CT molecular complexity index is 451. The van der Waals surface area contributed by atoms with Gasteiger partial charge in [-0.3, -0.25) is 4.79 Å². The van der Waals surface area contributed by atoms with Crippen molar-refractivity contribution in [2.75, 3.05) is 6.54 Å². The van der Waals surface area contributed by atoms with Gasteiger partial charge in [0.15, 0.2) is 0 Å². The van der Waals surface area contributed by atoms with Crippen LogP contribution in [0, 0.1) is 0 Å². The molecule has 112 valence electrons. The van der Waals surface area contributed by atoms with Crippen LogP contribution < -0.4 is 10.6 Å². The molecule has 0 saturated carbocycles. The molecule has 0 bridgehead atoms. The molecule has 0 aromatic carbocycles. The molecule has 1 aromatic heterocycles. The van der Waals surface area contributed by atoms with Crippen LogP contribution in [0.4, 0.5) is 4.79 Å². The van der Waals surface area contributed by atoms with E-state index in [2.05, 4.69) is 10.6 Å². The van der Waals surface area contributed by atoms with Crippen LogP contribution in [0.15, 0.2) is 12.1 Å². The molecule has 0 saturated heterocycles. The summed E-state index contributed by atoms with van der Waals surface area (Å²) in [5.41, 5.74) is 0. The number of halogens is 1. The van der Waals surface area contributed by atoms with Crippen LogP contribution in [-0.4, -0.2) is 29.7 Å². The van der Waals surface area contributed by atoms with Crippen LogP contribution in [0.3, 0.4) is 0 Å². The molecule has 1 atom stereocenters. The van der Waals surface area contributed by atoms with Gasteiger partial charge in [-0.1, -0.05) is 11.6 Å². The highest BCUT2D eigenvalue weighted by atomic mass is 35.5. The number of rotatable bonds is 8. The first-order valence-electron chi connectivity index (χ1n) is 6.47. The number of carbonyl (C=O) groups excluding carboxylic acids is 1.